The van der Waals surface area contributed by atoms with Gasteiger partial charge in [0.1, 0.15) is 0 Å². The molecule has 120 valence electrons. The van der Waals surface area contributed by atoms with Gasteiger partial charge in [0.25, 0.3) is 0 Å². The van der Waals surface area contributed by atoms with Crippen molar-refractivity contribution in [3.63, 3.8) is 0 Å². The van der Waals surface area contributed by atoms with Gasteiger partial charge in [0.05, 0.1) is 3.79 Å². The van der Waals surface area contributed by atoms with Crippen LogP contribution in [0.15, 0.2) is 52.3 Å². The molecule has 4 nitrogen and oxygen atoms in total. The lowest BCUT2D eigenvalue weighted by Gasteiger charge is -2.20. The second-order valence-corrected chi connectivity index (χ2v) is 7.43. The topological polar surface area (TPSA) is 63.4 Å². The van der Waals surface area contributed by atoms with Gasteiger partial charge in [-0.15, -0.1) is 11.3 Å². The third-order valence-corrected chi connectivity index (χ3v) is 4.73. The van der Waals surface area contributed by atoms with Crippen molar-refractivity contribution in [1.82, 2.24) is 4.90 Å². The lowest BCUT2D eigenvalue weighted by Crippen LogP contribution is -2.32. The van der Waals surface area contributed by atoms with E-state index in [2.05, 4.69) is 15.9 Å². The molecule has 0 spiro atoms. The van der Waals surface area contributed by atoms with Crippen molar-refractivity contribution >= 4 is 45.2 Å². The fourth-order valence-electron chi connectivity index (χ4n) is 1.99. The molecule has 0 unspecified atom stereocenters. The van der Waals surface area contributed by atoms with Crippen molar-refractivity contribution in [2.45, 2.75) is 13.0 Å². The number of primary amides is 1. The summed E-state index contributed by atoms with van der Waals surface area (Å²) in [5.74, 6) is -0.554. The maximum atomic E-state index is 12.4. The zero-order valence-corrected chi connectivity index (χ0v) is 14.8. The minimum atomic E-state index is -0.415. The van der Waals surface area contributed by atoms with Gasteiger partial charge in [-0.2, -0.15) is 0 Å². The Balaban J connectivity index is 2.06. The summed E-state index contributed by atoms with van der Waals surface area (Å²) in [5.41, 5.74) is 6.22. The van der Waals surface area contributed by atoms with E-state index in [9.17, 15) is 9.59 Å². The van der Waals surface area contributed by atoms with Crippen LogP contribution >= 0.6 is 27.3 Å². The Morgan fingerprint density at radius 2 is 1.91 bits per heavy atom. The number of nitrogens with two attached hydrogens (primary N) is 1. The Kier molecular flexibility index (Phi) is 6.55. The van der Waals surface area contributed by atoms with Crippen molar-refractivity contribution in [2.24, 2.45) is 5.73 Å². The van der Waals surface area contributed by atoms with Crippen LogP contribution < -0.4 is 5.73 Å². The number of carbonyl (C=O) groups is 2. The van der Waals surface area contributed by atoms with Crippen molar-refractivity contribution in [3.8, 4) is 0 Å². The Bertz CT molecular complexity index is 698. The van der Waals surface area contributed by atoms with E-state index in [1.54, 1.807) is 22.3 Å². The average molecular weight is 393 g/mol. The minimum absolute atomic E-state index is 0.139. The molecule has 0 aliphatic carbocycles. The van der Waals surface area contributed by atoms with E-state index in [0.29, 0.717) is 13.1 Å². The molecule has 6 heteroatoms. The van der Waals surface area contributed by atoms with Gasteiger partial charge in [-0.05, 0) is 39.7 Å². The molecule has 0 aliphatic rings. The van der Waals surface area contributed by atoms with Gasteiger partial charge in [-0.25, -0.2) is 0 Å². The average Bonchev–Trinajstić information content (AvgIpc) is 2.95. The summed E-state index contributed by atoms with van der Waals surface area (Å²) in [6, 6.07) is 13.5. The first kappa shape index (κ1) is 17.4. The number of thiophene rings is 1. The summed E-state index contributed by atoms with van der Waals surface area (Å²) in [5, 5.41) is 0. The predicted molar refractivity (Wildman–Crippen MR) is 96.7 cm³/mol. The van der Waals surface area contributed by atoms with Crippen LogP contribution in [0.2, 0.25) is 0 Å². The Labute approximate surface area is 147 Å². The standard InChI is InChI=1S/C17H17BrN2O2S/c18-15-8-6-14(23-15)7-9-17(22)20(11-10-16(19)21)12-13-4-2-1-3-5-13/h1-9H,10-12H2,(H2,19,21)/b9-7+. The molecule has 1 aromatic carbocycles. The second kappa shape index (κ2) is 8.64. The summed E-state index contributed by atoms with van der Waals surface area (Å²) in [7, 11) is 0. The first-order chi connectivity index (χ1) is 11.0. The molecule has 2 amide bonds. The molecule has 0 bridgehead atoms. The summed E-state index contributed by atoms with van der Waals surface area (Å²) < 4.78 is 1.01. The number of nitrogens with zero attached hydrogens (tertiary/aromatic N) is 1. The van der Waals surface area contributed by atoms with Gasteiger partial charge in [-0.3, -0.25) is 9.59 Å². The molecule has 0 fully saturated rings. The predicted octanol–water partition coefficient (Wildman–Crippen LogP) is 3.43. The van der Waals surface area contributed by atoms with Crippen LogP contribution in [0.5, 0.6) is 0 Å². The van der Waals surface area contributed by atoms with Crippen LogP contribution in [-0.2, 0) is 16.1 Å². The number of halogens is 1. The molecular weight excluding hydrogens is 376 g/mol. The van der Waals surface area contributed by atoms with E-state index >= 15 is 0 Å². The lowest BCUT2D eigenvalue weighted by molar-refractivity contribution is -0.127. The third kappa shape index (κ3) is 6.00. The Hall–Kier alpha value is -1.92. The number of hydrogen-bond acceptors (Lipinski definition) is 3. The third-order valence-electron chi connectivity index (χ3n) is 3.14. The van der Waals surface area contributed by atoms with Gasteiger partial charge >= 0.3 is 0 Å². The maximum Gasteiger partial charge on any atom is 0.246 e. The van der Waals surface area contributed by atoms with E-state index in [1.807, 2.05) is 42.5 Å². The van der Waals surface area contributed by atoms with Gasteiger partial charge in [0, 0.05) is 30.5 Å². The quantitative estimate of drug-likeness (QED) is 0.733. The van der Waals surface area contributed by atoms with Crippen LogP contribution in [-0.4, -0.2) is 23.3 Å². The molecule has 2 rings (SSSR count). The van der Waals surface area contributed by atoms with E-state index in [1.165, 1.54) is 6.08 Å². The molecule has 0 atom stereocenters. The maximum absolute atomic E-state index is 12.4. The zero-order chi connectivity index (χ0) is 16.7. The number of rotatable bonds is 7. The van der Waals surface area contributed by atoms with Crippen molar-refractivity contribution < 1.29 is 9.59 Å². The molecule has 0 aliphatic heterocycles. The smallest absolute Gasteiger partial charge is 0.246 e. The fraction of sp³-hybridized carbons (Fsp3) is 0.176. The molecular formula is C17H17BrN2O2S. The number of amides is 2. The highest BCUT2D eigenvalue weighted by Gasteiger charge is 2.12. The highest BCUT2D eigenvalue weighted by molar-refractivity contribution is 9.11. The van der Waals surface area contributed by atoms with Gasteiger partial charge in [0.2, 0.25) is 11.8 Å². The summed E-state index contributed by atoms with van der Waals surface area (Å²) in [6.45, 7) is 0.757. The van der Waals surface area contributed by atoms with Gasteiger partial charge in [-0.1, -0.05) is 30.3 Å². The van der Waals surface area contributed by atoms with E-state index in [0.717, 1.165) is 14.2 Å². The molecule has 23 heavy (non-hydrogen) atoms. The van der Waals surface area contributed by atoms with Crippen molar-refractivity contribution in [2.75, 3.05) is 6.54 Å². The van der Waals surface area contributed by atoms with Crippen molar-refractivity contribution in [3.05, 3.63) is 62.8 Å². The molecule has 0 saturated heterocycles. The van der Waals surface area contributed by atoms with Crippen LogP contribution in [0.1, 0.15) is 16.9 Å². The largest absolute Gasteiger partial charge is 0.370 e. The minimum Gasteiger partial charge on any atom is -0.370 e. The molecule has 0 saturated carbocycles. The number of carbonyl (C=O) groups excluding carboxylic acids is 2. The highest BCUT2D eigenvalue weighted by Crippen LogP contribution is 2.23. The number of hydrogen-bond donors (Lipinski definition) is 1. The SMILES string of the molecule is NC(=O)CCN(Cc1ccccc1)C(=O)/C=C/c1ccc(Br)s1. The first-order valence-electron chi connectivity index (χ1n) is 7.09. The lowest BCUT2D eigenvalue weighted by atomic mass is 10.2. The highest BCUT2D eigenvalue weighted by atomic mass is 79.9. The summed E-state index contributed by atoms with van der Waals surface area (Å²) >= 11 is 4.94. The van der Waals surface area contributed by atoms with Crippen LogP contribution in [0.25, 0.3) is 6.08 Å². The zero-order valence-electron chi connectivity index (χ0n) is 12.4. The molecule has 1 heterocycles. The summed E-state index contributed by atoms with van der Waals surface area (Å²) in [4.78, 5) is 26.1. The van der Waals surface area contributed by atoms with Crippen LogP contribution in [0.4, 0.5) is 0 Å². The monoisotopic (exact) mass is 392 g/mol. The Morgan fingerprint density at radius 3 is 2.52 bits per heavy atom. The van der Waals surface area contributed by atoms with E-state index in [4.69, 9.17) is 5.73 Å². The van der Waals surface area contributed by atoms with Crippen LogP contribution in [0, 0.1) is 0 Å². The van der Waals surface area contributed by atoms with Crippen LogP contribution in [0.3, 0.4) is 0 Å². The first-order valence-corrected chi connectivity index (χ1v) is 8.70. The summed E-state index contributed by atoms with van der Waals surface area (Å²) in [6.07, 6.45) is 3.46. The van der Waals surface area contributed by atoms with E-state index < -0.39 is 5.91 Å². The molecule has 2 aromatic rings. The second-order valence-electron chi connectivity index (χ2n) is 4.94. The van der Waals surface area contributed by atoms with Gasteiger partial charge < -0.3 is 10.6 Å². The fourth-order valence-corrected chi connectivity index (χ4v) is 3.32. The number of benzene rings is 1. The molecule has 1 aromatic heterocycles. The van der Waals surface area contributed by atoms with E-state index in [-0.39, 0.29) is 12.3 Å². The molecule has 2 N–H and O–H groups in total. The molecule has 0 radical (unpaired) electrons. The normalized spacial score (nSPS) is 10.8. The van der Waals surface area contributed by atoms with Crippen molar-refractivity contribution in [1.29, 1.82) is 0 Å². The van der Waals surface area contributed by atoms with Gasteiger partial charge in [0.15, 0.2) is 0 Å². The Morgan fingerprint density at radius 1 is 1.17 bits per heavy atom.